The van der Waals surface area contributed by atoms with Gasteiger partial charge in [-0.3, -0.25) is 9.97 Å². The second-order valence-electron chi connectivity index (χ2n) is 4.77. The second kappa shape index (κ2) is 4.92. The molecule has 6 nitrogen and oxygen atoms in total. The van der Waals surface area contributed by atoms with E-state index >= 15 is 0 Å². The fourth-order valence-electron chi connectivity index (χ4n) is 2.27. The summed E-state index contributed by atoms with van der Waals surface area (Å²) in [6.07, 6.45) is 1.66. The molecule has 0 fully saturated rings. The van der Waals surface area contributed by atoms with Crippen molar-refractivity contribution in [3.05, 3.63) is 71.3 Å². The molecule has 0 bridgehead atoms. The highest BCUT2D eigenvalue weighted by molar-refractivity contribution is 5.64. The summed E-state index contributed by atoms with van der Waals surface area (Å²) < 4.78 is 1.26. The Morgan fingerprint density at radius 2 is 1.77 bits per heavy atom. The van der Waals surface area contributed by atoms with Crippen LogP contribution in [0.5, 0.6) is 0 Å². The van der Waals surface area contributed by atoms with Crippen molar-refractivity contribution < 1.29 is 0 Å². The molecule has 0 radical (unpaired) electrons. The largest absolute Gasteiger partial charge is 0.349 e. The standard InChI is InChI=1S/C16H11N5O/c22-16-19-15(12-8-4-5-9-17-12)18-14-10-13(20-21(14)16)11-6-2-1-3-7-11/h1-10H,(H,18,19,22). The third kappa shape index (κ3) is 2.07. The Labute approximate surface area is 125 Å². The molecule has 0 spiro atoms. The fourth-order valence-corrected chi connectivity index (χ4v) is 2.27. The second-order valence-corrected chi connectivity index (χ2v) is 4.77. The maximum Gasteiger partial charge on any atom is 0.349 e. The first-order chi connectivity index (χ1) is 10.8. The first-order valence-electron chi connectivity index (χ1n) is 6.78. The topological polar surface area (TPSA) is 75.9 Å². The van der Waals surface area contributed by atoms with Gasteiger partial charge in [-0.25, -0.2) is 9.78 Å². The van der Waals surface area contributed by atoms with Crippen molar-refractivity contribution in [2.24, 2.45) is 0 Å². The lowest BCUT2D eigenvalue weighted by Crippen LogP contribution is -2.19. The van der Waals surface area contributed by atoms with Crippen LogP contribution in [-0.2, 0) is 0 Å². The molecule has 1 N–H and O–H groups in total. The predicted octanol–water partition coefficient (Wildman–Crippen LogP) is 2.15. The van der Waals surface area contributed by atoms with Crippen molar-refractivity contribution in [3.63, 3.8) is 0 Å². The number of aromatic nitrogens is 5. The molecule has 0 atom stereocenters. The van der Waals surface area contributed by atoms with Crippen LogP contribution in [0.1, 0.15) is 0 Å². The molecule has 3 heterocycles. The van der Waals surface area contributed by atoms with Crippen LogP contribution in [0.15, 0.2) is 65.6 Å². The molecule has 6 heteroatoms. The van der Waals surface area contributed by atoms with Crippen LogP contribution >= 0.6 is 0 Å². The minimum Gasteiger partial charge on any atom is -0.288 e. The van der Waals surface area contributed by atoms with Crippen LogP contribution in [0, 0.1) is 0 Å². The van der Waals surface area contributed by atoms with Gasteiger partial charge in [0.25, 0.3) is 0 Å². The monoisotopic (exact) mass is 289 g/mol. The minimum absolute atomic E-state index is 0.340. The van der Waals surface area contributed by atoms with Crippen LogP contribution in [0.4, 0.5) is 0 Å². The van der Waals surface area contributed by atoms with Crippen molar-refractivity contribution >= 4 is 5.65 Å². The Morgan fingerprint density at radius 1 is 0.955 bits per heavy atom. The van der Waals surface area contributed by atoms with Crippen LogP contribution in [-0.4, -0.2) is 24.6 Å². The molecule has 0 aliphatic heterocycles. The van der Waals surface area contributed by atoms with Crippen molar-refractivity contribution in [3.8, 4) is 22.8 Å². The van der Waals surface area contributed by atoms with E-state index < -0.39 is 0 Å². The zero-order chi connectivity index (χ0) is 14.9. The Morgan fingerprint density at radius 3 is 2.55 bits per heavy atom. The van der Waals surface area contributed by atoms with Gasteiger partial charge in [0, 0.05) is 17.8 Å². The van der Waals surface area contributed by atoms with E-state index in [4.69, 9.17) is 0 Å². The summed E-state index contributed by atoms with van der Waals surface area (Å²) in [6.45, 7) is 0. The zero-order valence-corrected chi connectivity index (χ0v) is 11.5. The summed E-state index contributed by atoms with van der Waals surface area (Å²) in [5.41, 5.74) is 2.41. The lowest BCUT2D eigenvalue weighted by atomic mass is 10.2. The molecule has 4 rings (SSSR count). The summed E-state index contributed by atoms with van der Waals surface area (Å²) in [6, 6.07) is 16.9. The van der Waals surface area contributed by atoms with Gasteiger partial charge in [0.1, 0.15) is 5.69 Å². The molecule has 1 aromatic carbocycles. The fraction of sp³-hybridized carbons (Fsp3) is 0. The number of nitrogens with one attached hydrogen (secondary N) is 1. The normalized spacial score (nSPS) is 10.9. The number of aromatic amines is 1. The number of fused-ring (bicyclic) bond motifs is 1. The van der Waals surface area contributed by atoms with Crippen LogP contribution in [0.25, 0.3) is 28.4 Å². The molecule has 0 aliphatic carbocycles. The molecule has 106 valence electrons. The van der Waals surface area contributed by atoms with E-state index in [-0.39, 0.29) is 5.69 Å². The highest BCUT2D eigenvalue weighted by atomic mass is 16.1. The number of hydrogen-bond acceptors (Lipinski definition) is 4. The van der Waals surface area contributed by atoms with Gasteiger partial charge in [-0.1, -0.05) is 36.4 Å². The Kier molecular flexibility index (Phi) is 2.79. The summed E-state index contributed by atoms with van der Waals surface area (Å²) in [4.78, 5) is 23.5. The van der Waals surface area contributed by atoms with Crippen molar-refractivity contribution in [1.82, 2.24) is 24.6 Å². The molecule has 4 aromatic rings. The third-order valence-corrected chi connectivity index (χ3v) is 3.31. The van der Waals surface area contributed by atoms with Crippen LogP contribution in [0.3, 0.4) is 0 Å². The Bertz CT molecular complexity index is 989. The highest BCUT2D eigenvalue weighted by Gasteiger charge is 2.10. The SMILES string of the molecule is O=c1[nH]c(-c2ccccn2)nc2cc(-c3ccccc3)nn12. The first-order valence-corrected chi connectivity index (χ1v) is 6.78. The summed E-state index contributed by atoms with van der Waals surface area (Å²) in [7, 11) is 0. The van der Waals surface area contributed by atoms with Gasteiger partial charge in [0.2, 0.25) is 0 Å². The first kappa shape index (κ1) is 12.5. The van der Waals surface area contributed by atoms with E-state index in [1.807, 2.05) is 42.5 Å². The number of hydrogen-bond donors (Lipinski definition) is 1. The summed E-state index contributed by atoms with van der Waals surface area (Å²) >= 11 is 0. The zero-order valence-electron chi connectivity index (χ0n) is 11.5. The van der Waals surface area contributed by atoms with Gasteiger partial charge in [-0.2, -0.15) is 9.61 Å². The predicted molar refractivity (Wildman–Crippen MR) is 82.3 cm³/mol. The molecule has 0 aliphatic rings. The lowest BCUT2D eigenvalue weighted by Gasteiger charge is -1.99. The Hall–Kier alpha value is -3.28. The van der Waals surface area contributed by atoms with E-state index in [0.717, 1.165) is 5.56 Å². The smallest absolute Gasteiger partial charge is 0.288 e. The minimum atomic E-state index is -0.340. The molecule has 0 unspecified atom stereocenters. The molecule has 22 heavy (non-hydrogen) atoms. The average molecular weight is 289 g/mol. The van der Waals surface area contributed by atoms with Crippen molar-refractivity contribution in [2.75, 3.05) is 0 Å². The summed E-state index contributed by atoms with van der Waals surface area (Å²) in [5, 5.41) is 4.31. The van der Waals surface area contributed by atoms with Gasteiger partial charge in [0.05, 0.1) is 5.69 Å². The maximum atomic E-state index is 12.2. The number of H-pyrrole nitrogens is 1. The maximum absolute atomic E-state index is 12.2. The van der Waals surface area contributed by atoms with Gasteiger partial charge >= 0.3 is 5.69 Å². The van der Waals surface area contributed by atoms with E-state index in [1.165, 1.54) is 4.52 Å². The van der Waals surface area contributed by atoms with Gasteiger partial charge in [-0.05, 0) is 12.1 Å². The average Bonchev–Trinajstić information content (AvgIpc) is 3.01. The number of rotatable bonds is 2. The van der Waals surface area contributed by atoms with Crippen molar-refractivity contribution in [2.45, 2.75) is 0 Å². The number of nitrogens with zero attached hydrogens (tertiary/aromatic N) is 4. The van der Waals surface area contributed by atoms with E-state index in [1.54, 1.807) is 18.3 Å². The van der Waals surface area contributed by atoms with Crippen LogP contribution in [0.2, 0.25) is 0 Å². The number of pyridine rings is 1. The lowest BCUT2D eigenvalue weighted by molar-refractivity contribution is 0.845. The molecule has 0 saturated carbocycles. The third-order valence-electron chi connectivity index (χ3n) is 3.31. The summed E-state index contributed by atoms with van der Waals surface area (Å²) in [5.74, 6) is 0.428. The molecular formula is C16H11N5O. The number of benzene rings is 1. The molecule has 3 aromatic heterocycles. The molecule has 0 amide bonds. The van der Waals surface area contributed by atoms with Crippen LogP contribution < -0.4 is 5.69 Å². The van der Waals surface area contributed by atoms with E-state index in [0.29, 0.717) is 22.9 Å². The highest BCUT2D eigenvalue weighted by Crippen LogP contribution is 2.18. The van der Waals surface area contributed by atoms with Crippen molar-refractivity contribution in [1.29, 1.82) is 0 Å². The molecule has 0 saturated heterocycles. The van der Waals surface area contributed by atoms with Gasteiger partial charge in [0.15, 0.2) is 11.5 Å². The Balaban J connectivity index is 1.91. The quantitative estimate of drug-likeness (QED) is 0.613. The van der Waals surface area contributed by atoms with Gasteiger partial charge < -0.3 is 0 Å². The molecular weight excluding hydrogens is 278 g/mol. The van der Waals surface area contributed by atoms with E-state index in [9.17, 15) is 4.79 Å². The van der Waals surface area contributed by atoms with E-state index in [2.05, 4.69) is 20.1 Å². The van der Waals surface area contributed by atoms with Gasteiger partial charge in [-0.15, -0.1) is 0 Å².